The fourth-order valence-electron chi connectivity index (χ4n) is 2.94. The van der Waals surface area contributed by atoms with E-state index in [0.29, 0.717) is 30.3 Å². The molecule has 0 radical (unpaired) electrons. The molecule has 0 aliphatic carbocycles. The first-order chi connectivity index (χ1) is 12.1. The molecule has 0 bridgehead atoms. The first kappa shape index (κ1) is 17.0. The number of nitrogens with zero attached hydrogens (tertiary/aromatic N) is 1. The number of rotatable bonds is 5. The van der Waals surface area contributed by atoms with Crippen LogP contribution in [0.1, 0.15) is 23.7 Å². The van der Waals surface area contributed by atoms with E-state index in [4.69, 9.17) is 4.74 Å². The number of benzene rings is 2. The molecule has 0 spiro atoms. The summed E-state index contributed by atoms with van der Waals surface area (Å²) in [5.41, 5.74) is 0.653. The van der Waals surface area contributed by atoms with Gasteiger partial charge in [0.25, 0.3) is 5.91 Å². The summed E-state index contributed by atoms with van der Waals surface area (Å²) >= 11 is 0. The van der Waals surface area contributed by atoms with E-state index in [1.54, 1.807) is 12.1 Å². The van der Waals surface area contributed by atoms with Gasteiger partial charge in [0.15, 0.2) is 0 Å². The predicted octanol–water partition coefficient (Wildman–Crippen LogP) is 3.08. The maximum absolute atomic E-state index is 12.6. The van der Waals surface area contributed by atoms with Crippen LogP contribution < -0.4 is 10.1 Å². The molecule has 1 aliphatic rings. The Hall–Kier alpha value is -2.82. The number of ether oxygens (including phenoxy) is 1. The summed E-state index contributed by atoms with van der Waals surface area (Å²) in [4.78, 5) is 25.4. The average Bonchev–Trinajstić information content (AvgIpc) is 3.10. The van der Waals surface area contributed by atoms with Crippen LogP contribution in [0.5, 0.6) is 11.5 Å². The molecule has 25 heavy (non-hydrogen) atoms. The van der Waals surface area contributed by atoms with Gasteiger partial charge < -0.3 is 15.0 Å². The minimum absolute atomic E-state index is 0.0246. The van der Waals surface area contributed by atoms with Gasteiger partial charge in [0.05, 0.1) is 0 Å². The third-order valence-electron chi connectivity index (χ3n) is 4.29. The molecule has 1 atom stereocenters. The maximum Gasteiger partial charge on any atom is 0.253 e. The summed E-state index contributed by atoms with van der Waals surface area (Å²) in [7, 11) is 0. The molecule has 1 aliphatic heterocycles. The third-order valence-corrected chi connectivity index (χ3v) is 4.29. The van der Waals surface area contributed by atoms with Gasteiger partial charge in [-0.3, -0.25) is 9.59 Å². The van der Waals surface area contributed by atoms with E-state index in [0.717, 1.165) is 18.7 Å². The molecule has 1 fully saturated rings. The lowest BCUT2D eigenvalue weighted by atomic mass is 10.1. The van der Waals surface area contributed by atoms with Gasteiger partial charge in [-0.15, -0.1) is 0 Å². The highest BCUT2D eigenvalue weighted by Crippen LogP contribution is 2.23. The van der Waals surface area contributed by atoms with E-state index in [1.165, 1.54) is 6.92 Å². The standard InChI is InChI=1S/C20H22N2O3/c1-15(23)21-13-16-11-12-22(14-16)20(24)17-7-9-19(10-8-17)25-18-5-3-2-4-6-18/h2-10,16H,11-14H2,1H3,(H,21,23)/t16-/m0/s1. The van der Waals surface area contributed by atoms with Crippen molar-refractivity contribution >= 4 is 11.8 Å². The van der Waals surface area contributed by atoms with Crippen molar-refractivity contribution < 1.29 is 14.3 Å². The topological polar surface area (TPSA) is 58.6 Å². The van der Waals surface area contributed by atoms with Crippen molar-refractivity contribution in [3.8, 4) is 11.5 Å². The molecule has 5 nitrogen and oxygen atoms in total. The Morgan fingerprint density at radius 3 is 2.44 bits per heavy atom. The minimum atomic E-state index is -0.0289. The van der Waals surface area contributed by atoms with Gasteiger partial charge in [-0.25, -0.2) is 0 Å². The average molecular weight is 338 g/mol. The van der Waals surface area contributed by atoms with Crippen LogP contribution in [0.15, 0.2) is 54.6 Å². The van der Waals surface area contributed by atoms with E-state index >= 15 is 0 Å². The van der Waals surface area contributed by atoms with Gasteiger partial charge in [-0.05, 0) is 48.7 Å². The third kappa shape index (κ3) is 4.59. The number of carbonyl (C=O) groups excluding carboxylic acids is 2. The van der Waals surface area contributed by atoms with Gasteiger partial charge in [0, 0.05) is 32.1 Å². The molecule has 0 unspecified atom stereocenters. The van der Waals surface area contributed by atoms with E-state index in [-0.39, 0.29) is 11.8 Å². The molecule has 1 N–H and O–H groups in total. The van der Waals surface area contributed by atoms with Gasteiger partial charge in [0.1, 0.15) is 11.5 Å². The van der Waals surface area contributed by atoms with Gasteiger partial charge in [-0.1, -0.05) is 18.2 Å². The van der Waals surface area contributed by atoms with Crippen LogP contribution in [0.3, 0.4) is 0 Å². The molecule has 2 amide bonds. The highest BCUT2D eigenvalue weighted by molar-refractivity contribution is 5.94. The van der Waals surface area contributed by atoms with E-state index < -0.39 is 0 Å². The maximum atomic E-state index is 12.6. The summed E-state index contributed by atoms with van der Waals surface area (Å²) in [5, 5.41) is 2.82. The Kier molecular flexibility index (Phi) is 5.33. The number of hydrogen-bond acceptors (Lipinski definition) is 3. The largest absolute Gasteiger partial charge is 0.457 e. The summed E-state index contributed by atoms with van der Waals surface area (Å²) in [6.45, 7) is 3.55. The molecule has 1 heterocycles. The van der Waals surface area contributed by atoms with E-state index in [1.807, 2.05) is 47.4 Å². The van der Waals surface area contributed by atoms with Crippen molar-refractivity contribution in [1.29, 1.82) is 0 Å². The van der Waals surface area contributed by atoms with Crippen molar-refractivity contribution in [2.24, 2.45) is 5.92 Å². The molecule has 130 valence electrons. The van der Waals surface area contributed by atoms with Crippen LogP contribution >= 0.6 is 0 Å². The summed E-state index contributed by atoms with van der Waals surface area (Å²) < 4.78 is 5.74. The lowest BCUT2D eigenvalue weighted by Crippen LogP contribution is -2.32. The smallest absolute Gasteiger partial charge is 0.253 e. The summed E-state index contributed by atoms with van der Waals surface area (Å²) in [6, 6.07) is 16.7. The zero-order valence-electron chi connectivity index (χ0n) is 14.3. The van der Waals surface area contributed by atoms with Crippen molar-refractivity contribution in [2.75, 3.05) is 19.6 Å². The number of amides is 2. The predicted molar refractivity (Wildman–Crippen MR) is 95.7 cm³/mol. The number of nitrogens with one attached hydrogen (secondary N) is 1. The zero-order valence-corrected chi connectivity index (χ0v) is 14.3. The second kappa shape index (κ2) is 7.83. The normalized spacial score (nSPS) is 16.5. The van der Waals surface area contributed by atoms with E-state index in [2.05, 4.69) is 5.32 Å². The molecule has 3 rings (SSSR count). The number of hydrogen-bond donors (Lipinski definition) is 1. The Labute approximate surface area is 147 Å². The molecule has 2 aromatic carbocycles. The first-order valence-corrected chi connectivity index (χ1v) is 8.48. The van der Waals surface area contributed by atoms with Crippen LogP contribution in [0.25, 0.3) is 0 Å². The monoisotopic (exact) mass is 338 g/mol. The van der Waals surface area contributed by atoms with Gasteiger partial charge >= 0.3 is 0 Å². The van der Waals surface area contributed by atoms with E-state index in [9.17, 15) is 9.59 Å². The van der Waals surface area contributed by atoms with Crippen molar-refractivity contribution in [1.82, 2.24) is 10.2 Å². The molecule has 5 heteroatoms. The van der Waals surface area contributed by atoms with Crippen molar-refractivity contribution in [3.63, 3.8) is 0 Å². The molecule has 0 saturated carbocycles. The van der Waals surface area contributed by atoms with Crippen LogP contribution in [0, 0.1) is 5.92 Å². The summed E-state index contributed by atoms with van der Waals surface area (Å²) in [5.74, 6) is 1.79. The Bertz CT molecular complexity index is 728. The van der Waals surface area contributed by atoms with Gasteiger partial charge in [-0.2, -0.15) is 0 Å². The fraction of sp³-hybridized carbons (Fsp3) is 0.300. The SMILES string of the molecule is CC(=O)NC[C@@H]1CCN(C(=O)c2ccc(Oc3ccccc3)cc2)C1. The van der Waals surface area contributed by atoms with Crippen molar-refractivity contribution in [3.05, 3.63) is 60.2 Å². The quantitative estimate of drug-likeness (QED) is 0.911. The molecular formula is C20H22N2O3. The Morgan fingerprint density at radius 1 is 1.08 bits per heavy atom. The highest BCUT2D eigenvalue weighted by atomic mass is 16.5. The highest BCUT2D eigenvalue weighted by Gasteiger charge is 2.26. The first-order valence-electron chi connectivity index (χ1n) is 8.48. The number of likely N-dealkylation sites (tertiary alicyclic amines) is 1. The Morgan fingerprint density at radius 2 is 1.76 bits per heavy atom. The summed E-state index contributed by atoms with van der Waals surface area (Å²) in [6.07, 6.45) is 0.918. The number of carbonyl (C=O) groups is 2. The van der Waals surface area contributed by atoms with Crippen LogP contribution in [0.2, 0.25) is 0 Å². The minimum Gasteiger partial charge on any atom is -0.457 e. The van der Waals surface area contributed by atoms with Crippen LogP contribution in [-0.2, 0) is 4.79 Å². The van der Waals surface area contributed by atoms with Gasteiger partial charge in [0.2, 0.25) is 5.91 Å². The molecule has 1 saturated heterocycles. The second-order valence-corrected chi connectivity index (χ2v) is 6.28. The van der Waals surface area contributed by atoms with Crippen LogP contribution in [0.4, 0.5) is 0 Å². The van der Waals surface area contributed by atoms with Crippen molar-refractivity contribution in [2.45, 2.75) is 13.3 Å². The second-order valence-electron chi connectivity index (χ2n) is 6.28. The Balaban J connectivity index is 1.57. The fourth-order valence-corrected chi connectivity index (χ4v) is 2.94. The molecule has 0 aromatic heterocycles. The lowest BCUT2D eigenvalue weighted by molar-refractivity contribution is -0.119. The van der Waals surface area contributed by atoms with Crippen LogP contribution in [-0.4, -0.2) is 36.3 Å². The molecular weight excluding hydrogens is 316 g/mol. The number of para-hydroxylation sites is 1. The molecule has 2 aromatic rings. The zero-order chi connectivity index (χ0) is 17.6. The lowest BCUT2D eigenvalue weighted by Gasteiger charge is -2.17.